The summed E-state index contributed by atoms with van der Waals surface area (Å²) in [5.41, 5.74) is 7.86. The summed E-state index contributed by atoms with van der Waals surface area (Å²) in [6.07, 6.45) is 6.84. The van der Waals surface area contributed by atoms with Gasteiger partial charge in [0.1, 0.15) is 5.82 Å². The third-order valence-corrected chi connectivity index (χ3v) is 4.17. The molecule has 1 aliphatic heterocycles. The molecule has 0 radical (unpaired) electrons. The van der Waals surface area contributed by atoms with Crippen LogP contribution in [0.25, 0.3) is 11.3 Å². The van der Waals surface area contributed by atoms with Crippen molar-refractivity contribution in [2.24, 2.45) is 5.92 Å². The highest BCUT2D eigenvalue weighted by molar-refractivity contribution is 5.59. The Morgan fingerprint density at radius 1 is 1.30 bits per heavy atom. The zero-order chi connectivity index (χ0) is 14.1. The average molecular weight is 271 g/mol. The number of aromatic nitrogens is 3. The quantitative estimate of drug-likeness (QED) is 0.908. The van der Waals surface area contributed by atoms with Gasteiger partial charge in [0, 0.05) is 24.3 Å². The van der Waals surface area contributed by atoms with Crippen molar-refractivity contribution in [2.45, 2.75) is 19.4 Å². The van der Waals surface area contributed by atoms with Gasteiger partial charge in [-0.25, -0.2) is 9.97 Å². The monoisotopic (exact) mass is 271 g/mol. The Morgan fingerprint density at radius 2 is 2.15 bits per heavy atom. The third-order valence-electron chi connectivity index (χ3n) is 4.17. The molecule has 20 heavy (non-hydrogen) atoms. The summed E-state index contributed by atoms with van der Waals surface area (Å²) in [6.45, 7) is 4.57. The minimum Gasteiger partial charge on any atom is -0.384 e. The van der Waals surface area contributed by atoms with Crippen LogP contribution in [0.5, 0.6) is 0 Å². The van der Waals surface area contributed by atoms with E-state index in [1.54, 1.807) is 0 Å². The van der Waals surface area contributed by atoms with Crippen LogP contribution in [0.4, 0.5) is 5.82 Å². The van der Waals surface area contributed by atoms with Gasteiger partial charge < -0.3 is 15.2 Å². The average Bonchev–Trinajstić information content (AvgIpc) is 2.88. The molecule has 2 atom stereocenters. The molecular formula is C15H21N5. The molecule has 3 heterocycles. The molecule has 0 aliphatic carbocycles. The molecule has 1 fully saturated rings. The molecule has 2 aromatic heterocycles. The summed E-state index contributed by atoms with van der Waals surface area (Å²) < 4.78 is 2.30. The Kier molecular flexibility index (Phi) is 3.44. The maximum atomic E-state index is 5.66. The number of pyridine rings is 1. The predicted molar refractivity (Wildman–Crippen MR) is 80.2 cm³/mol. The first-order chi connectivity index (χ1) is 9.65. The summed E-state index contributed by atoms with van der Waals surface area (Å²) in [5.74, 6) is 1.16. The van der Waals surface area contributed by atoms with Gasteiger partial charge in [-0.15, -0.1) is 0 Å². The van der Waals surface area contributed by atoms with E-state index in [1.807, 2.05) is 30.9 Å². The second-order valence-electron chi connectivity index (χ2n) is 5.75. The fourth-order valence-corrected chi connectivity index (χ4v) is 3.10. The molecule has 5 heteroatoms. The molecule has 0 spiro atoms. The molecule has 1 saturated heterocycles. The maximum Gasteiger partial charge on any atom is 0.123 e. The minimum atomic E-state index is 0.501. The summed E-state index contributed by atoms with van der Waals surface area (Å²) in [6, 6.07) is 4.35. The molecule has 2 N–H and O–H groups in total. The molecule has 2 aromatic rings. The molecule has 0 bridgehead atoms. The topological polar surface area (TPSA) is 60.0 Å². The molecule has 106 valence electrons. The number of nitrogens with two attached hydrogens (primary N) is 1. The second-order valence-corrected chi connectivity index (χ2v) is 5.75. The second kappa shape index (κ2) is 5.25. The van der Waals surface area contributed by atoms with Gasteiger partial charge in [-0.05, 0) is 38.1 Å². The number of nitrogen functional groups attached to an aromatic ring is 1. The normalized spacial score (nSPS) is 23.9. The number of hydrogen-bond donors (Lipinski definition) is 1. The van der Waals surface area contributed by atoms with E-state index in [0.29, 0.717) is 17.8 Å². The summed E-state index contributed by atoms with van der Waals surface area (Å²) in [4.78, 5) is 10.9. The highest BCUT2D eigenvalue weighted by Gasteiger charge is 2.27. The Hall–Kier alpha value is -1.88. The number of likely N-dealkylation sites (tertiary alicyclic amines) is 1. The maximum absolute atomic E-state index is 5.66. The first-order valence-electron chi connectivity index (χ1n) is 7.07. The van der Waals surface area contributed by atoms with Crippen LogP contribution in [0.15, 0.2) is 30.9 Å². The van der Waals surface area contributed by atoms with Crippen molar-refractivity contribution in [1.29, 1.82) is 0 Å². The standard InChI is InChI=1S/C15H21N5/c1-11-9-19(2)6-5-13(11)20-10-17-8-14(20)12-3-4-15(16)18-7-12/h3-4,7-8,10-11,13H,5-6,9H2,1-2H3,(H2,16,18). The van der Waals surface area contributed by atoms with Crippen molar-refractivity contribution in [1.82, 2.24) is 19.4 Å². The van der Waals surface area contributed by atoms with Crippen LogP contribution in [0, 0.1) is 5.92 Å². The van der Waals surface area contributed by atoms with Crippen LogP contribution in [-0.2, 0) is 0 Å². The van der Waals surface area contributed by atoms with Crippen LogP contribution in [-0.4, -0.2) is 39.6 Å². The minimum absolute atomic E-state index is 0.501. The number of piperidine rings is 1. The Labute approximate surface area is 119 Å². The van der Waals surface area contributed by atoms with Crippen molar-refractivity contribution in [3.8, 4) is 11.3 Å². The highest BCUT2D eigenvalue weighted by atomic mass is 15.2. The lowest BCUT2D eigenvalue weighted by atomic mass is 9.93. The van der Waals surface area contributed by atoms with Crippen LogP contribution in [0.3, 0.4) is 0 Å². The number of imidazole rings is 1. The van der Waals surface area contributed by atoms with E-state index in [2.05, 4.69) is 33.4 Å². The van der Waals surface area contributed by atoms with Gasteiger partial charge >= 0.3 is 0 Å². The van der Waals surface area contributed by atoms with E-state index in [0.717, 1.165) is 30.8 Å². The zero-order valence-corrected chi connectivity index (χ0v) is 12.0. The fraction of sp³-hybridized carbons (Fsp3) is 0.467. The Bertz CT molecular complexity index is 574. The van der Waals surface area contributed by atoms with Crippen LogP contribution >= 0.6 is 0 Å². The largest absolute Gasteiger partial charge is 0.384 e. The first kappa shape index (κ1) is 13.1. The van der Waals surface area contributed by atoms with Crippen molar-refractivity contribution in [2.75, 3.05) is 25.9 Å². The van der Waals surface area contributed by atoms with E-state index in [9.17, 15) is 0 Å². The molecule has 3 rings (SSSR count). The first-order valence-corrected chi connectivity index (χ1v) is 7.07. The van der Waals surface area contributed by atoms with Crippen molar-refractivity contribution >= 4 is 5.82 Å². The Balaban J connectivity index is 1.92. The molecular weight excluding hydrogens is 250 g/mol. The lowest BCUT2D eigenvalue weighted by Gasteiger charge is -2.36. The third kappa shape index (κ3) is 2.41. The molecule has 2 unspecified atom stereocenters. The van der Waals surface area contributed by atoms with E-state index in [1.165, 1.54) is 0 Å². The predicted octanol–water partition coefficient (Wildman–Crippen LogP) is 2.04. The molecule has 0 amide bonds. The smallest absolute Gasteiger partial charge is 0.123 e. The van der Waals surface area contributed by atoms with E-state index < -0.39 is 0 Å². The fourth-order valence-electron chi connectivity index (χ4n) is 3.10. The molecule has 1 aliphatic rings. The zero-order valence-electron chi connectivity index (χ0n) is 12.0. The lowest BCUT2D eigenvalue weighted by Crippen LogP contribution is -2.37. The van der Waals surface area contributed by atoms with E-state index in [-0.39, 0.29) is 0 Å². The molecule has 0 aromatic carbocycles. The van der Waals surface area contributed by atoms with Gasteiger partial charge in [0.25, 0.3) is 0 Å². The van der Waals surface area contributed by atoms with Gasteiger partial charge in [0.2, 0.25) is 0 Å². The van der Waals surface area contributed by atoms with Crippen LogP contribution in [0.1, 0.15) is 19.4 Å². The van der Waals surface area contributed by atoms with Crippen LogP contribution in [0.2, 0.25) is 0 Å². The number of hydrogen-bond acceptors (Lipinski definition) is 4. The number of nitrogens with zero attached hydrogens (tertiary/aromatic N) is 4. The van der Waals surface area contributed by atoms with Gasteiger partial charge in [-0.3, -0.25) is 0 Å². The lowest BCUT2D eigenvalue weighted by molar-refractivity contribution is 0.160. The molecule has 5 nitrogen and oxygen atoms in total. The highest BCUT2D eigenvalue weighted by Crippen LogP contribution is 2.31. The van der Waals surface area contributed by atoms with Gasteiger partial charge in [-0.1, -0.05) is 6.92 Å². The SMILES string of the molecule is CC1CN(C)CCC1n1cncc1-c1ccc(N)nc1. The summed E-state index contributed by atoms with van der Waals surface area (Å²) in [5, 5.41) is 0. The summed E-state index contributed by atoms with van der Waals surface area (Å²) >= 11 is 0. The van der Waals surface area contributed by atoms with Crippen molar-refractivity contribution in [3.05, 3.63) is 30.9 Å². The number of rotatable bonds is 2. The van der Waals surface area contributed by atoms with Crippen molar-refractivity contribution in [3.63, 3.8) is 0 Å². The van der Waals surface area contributed by atoms with Gasteiger partial charge in [0.15, 0.2) is 0 Å². The number of anilines is 1. The van der Waals surface area contributed by atoms with Gasteiger partial charge in [-0.2, -0.15) is 0 Å². The Morgan fingerprint density at radius 3 is 2.85 bits per heavy atom. The van der Waals surface area contributed by atoms with Crippen LogP contribution < -0.4 is 5.73 Å². The summed E-state index contributed by atoms with van der Waals surface area (Å²) in [7, 11) is 2.19. The van der Waals surface area contributed by atoms with Crippen molar-refractivity contribution < 1.29 is 0 Å². The van der Waals surface area contributed by atoms with E-state index in [4.69, 9.17) is 5.73 Å². The molecule has 0 saturated carbocycles. The van der Waals surface area contributed by atoms with E-state index >= 15 is 0 Å². The van der Waals surface area contributed by atoms with Gasteiger partial charge in [0.05, 0.1) is 18.2 Å².